The van der Waals surface area contributed by atoms with Crippen LogP contribution >= 0.6 is 0 Å². The molecule has 1 heterocycles. The molecule has 0 spiro atoms. The fourth-order valence-corrected chi connectivity index (χ4v) is 1.44. The van der Waals surface area contributed by atoms with Crippen molar-refractivity contribution in [1.82, 2.24) is 15.6 Å². The van der Waals surface area contributed by atoms with Gasteiger partial charge in [-0.3, -0.25) is 9.59 Å². The number of carbonyl (C=O) groups is 2. The van der Waals surface area contributed by atoms with Crippen molar-refractivity contribution in [3.05, 3.63) is 23.9 Å². The predicted octanol–water partition coefficient (Wildman–Crippen LogP) is 0.0135. The van der Waals surface area contributed by atoms with Gasteiger partial charge in [-0.1, -0.05) is 0 Å². The number of aromatic nitrogens is 1. The summed E-state index contributed by atoms with van der Waals surface area (Å²) >= 11 is 0. The quantitative estimate of drug-likeness (QED) is 0.722. The number of amides is 2. The number of hydrogen-bond donors (Lipinski definition) is 2. The maximum Gasteiger partial charge on any atom is 0.255 e. The topological polar surface area (TPSA) is 74.3 Å². The Bertz CT molecular complexity index is 432. The van der Waals surface area contributed by atoms with E-state index >= 15 is 0 Å². The number of carbonyl (C=O) groups excluding carboxylic acids is 2. The predicted molar refractivity (Wildman–Crippen MR) is 69.6 cm³/mol. The fraction of sp³-hybridized carbons (Fsp3) is 0.417. The first-order chi connectivity index (χ1) is 8.52. The highest BCUT2D eigenvalue weighted by molar-refractivity contribution is 5.98. The molecule has 2 amide bonds. The lowest BCUT2D eigenvalue weighted by molar-refractivity contribution is -0.118. The Morgan fingerprint density at radius 3 is 2.56 bits per heavy atom. The second-order valence-electron chi connectivity index (χ2n) is 4.01. The number of rotatable bonds is 5. The van der Waals surface area contributed by atoms with Crippen LogP contribution in [0, 0.1) is 0 Å². The van der Waals surface area contributed by atoms with Crippen LogP contribution in [-0.2, 0) is 4.79 Å². The van der Waals surface area contributed by atoms with Crippen LogP contribution in [-0.4, -0.2) is 44.0 Å². The smallest absolute Gasteiger partial charge is 0.255 e. The molecule has 0 atom stereocenters. The highest BCUT2D eigenvalue weighted by Gasteiger charge is 2.12. The third kappa shape index (κ3) is 4.04. The first-order valence-electron chi connectivity index (χ1n) is 5.67. The van der Waals surface area contributed by atoms with Gasteiger partial charge in [0.2, 0.25) is 5.91 Å². The van der Waals surface area contributed by atoms with Gasteiger partial charge >= 0.3 is 0 Å². The summed E-state index contributed by atoms with van der Waals surface area (Å²) < 4.78 is 0. The van der Waals surface area contributed by atoms with Crippen molar-refractivity contribution in [3.63, 3.8) is 0 Å². The number of anilines is 1. The lowest BCUT2D eigenvalue weighted by atomic mass is 10.2. The molecule has 0 aromatic carbocycles. The monoisotopic (exact) mass is 250 g/mol. The Morgan fingerprint density at radius 1 is 1.28 bits per heavy atom. The zero-order valence-corrected chi connectivity index (χ0v) is 10.9. The van der Waals surface area contributed by atoms with Crippen LogP contribution in [0.4, 0.5) is 5.82 Å². The number of pyridine rings is 1. The summed E-state index contributed by atoms with van der Waals surface area (Å²) in [6, 6.07) is 3.44. The molecule has 0 bridgehead atoms. The minimum absolute atomic E-state index is 0.111. The summed E-state index contributed by atoms with van der Waals surface area (Å²) in [5.41, 5.74) is 0.519. The Balaban J connectivity index is 2.59. The highest BCUT2D eigenvalue weighted by Crippen LogP contribution is 2.13. The summed E-state index contributed by atoms with van der Waals surface area (Å²) in [5, 5.41) is 5.34. The SMILES string of the molecule is CC(=O)NCCNC(=O)c1cccnc1N(C)C. The number of nitrogens with one attached hydrogen (secondary N) is 2. The maximum absolute atomic E-state index is 11.9. The lowest BCUT2D eigenvalue weighted by Gasteiger charge is -2.15. The van der Waals surface area contributed by atoms with E-state index in [1.807, 2.05) is 14.1 Å². The van der Waals surface area contributed by atoms with Crippen molar-refractivity contribution in [2.45, 2.75) is 6.92 Å². The average Bonchev–Trinajstić information content (AvgIpc) is 2.34. The molecule has 0 aliphatic heterocycles. The van der Waals surface area contributed by atoms with Crippen LogP contribution in [0.3, 0.4) is 0 Å². The van der Waals surface area contributed by atoms with Crippen LogP contribution in [0.2, 0.25) is 0 Å². The summed E-state index contributed by atoms with van der Waals surface area (Å²) in [6.45, 7) is 2.24. The molecule has 98 valence electrons. The Labute approximate surface area is 106 Å². The molecule has 6 nitrogen and oxygen atoms in total. The molecule has 0 aliphatic carbocycles. The van der Waals surface area contributed by atoms with E-state index in [0.717, 1.165) is 0 Å². The van der Waals surface area contributed by atoms with Gasteiger partial charge in [-0.25, -0.2) is 4.98 Å². The van der Waals surface area contributed by atoms with Crippen molar-refractivity contribution in [3.8, 4) is 0 Å². The Kier molecular flexibility index (Phi) is 5.10. The molecule has 1 aromatic heterocycles. The second-order valence-corrected chi connectivity index (χ2v) is 4.01. The van der Waals surface area contributed by atoms with Crippen molar-refractivity contribution in [2.24, 2.45) is 0 Å². The molecule has 0 radical (unpaired) electrons. The van der Waals surface area contributed by atoms with Gasteiger partial charge in [0.15, 0.2) is 0 Å². The molecule has 0 saturated carbocycles. The molecule has 1 rings (SSSR count). The van der Waals surface area contributed by atoms with Crippen LogP contribution in [0.5, 0.6) is 0 Å². The first kappa shape index (κ1) is 14.0. The molecule has 0 unspecified atom stereocenters. The van der Waals surface area contributed by atoms with Crippen LogP contribution in [0.15, 0.2) is 18.3 Å². The Morgan fingerprint density at radius 2 is 1.94 bits per heavy atom. The van der Waals surface area contributed by atoms with E-state index in [9.17, 15) is 9.59 Å². The minimum Gasteiger partial charge on any atom is -0.362 e. The van der Waals surface area contributed by atoms with Crippen molar-refractivity contribution < 1.29 is 9.59 Å². The van der Waals surface area contributed by atoms with Crippen molar-refractivity contribution in [1.29, 1.82) is 0 Å². The minimum atomic E-state index is -0.197. The van der Waals surface area contributed by atoms with E-state index in [0.29, 0.717) is 24.5 Å². The van der Waals surface area contributed by atoms with E-state index in [2.05, 4.69) is 15.6 Å². The fourth-order valence-electron chi connectivity index (χ4n) is 1.44. The number of nitrogens with zero attached hydrogens (tertiary/aromatic N) is 2. The Hall–Kier alpha value is -2.11. The third-order valence-corrected chi connectivity index (χ3v) is 2.24. The summed E-state index contributed by atoms with van der Waals surface area (Å²) in [7, 11) is 3.66. The molecule has 0 fully saturated rings. The van der Waals surface area contributed by atoms with Crippen molar-refractivity contribution >= 4 is 17.6 Å². The molecular formula is C12H18N4O2. The zero-order chi connectivity index (χ0) is 13.5. The summed E-state index contributed by atoms with van der Waals surface area (Å²) in [5.74, 6) is 0.311. The third-order valence-electron chi connectivity index (χ3n) is 2.24. The molecule has 6 heteroatoms. The van der Waals surface area contributed by atoms with E-state index in [4.69, 9.17) is 0 Å². The van der Waals surface area contributed by atoms with Gasteiger partial charge < -0.3 is 15.5 Å². The average molecular weight is 250 g/mol. The molecule has 2 N–H and O–H groups in total. The van der Waals surface area contributed by atoms with Crippen LogP contribution < -0.4 is 15.5 Å². The molecule has 1 aromatic rings. The lowest BCUT2D eigenvalue weighted by Crippen LogP contribution is -2.34. The van der Waals surface area contributed by atoms with E-state index < -0.39 is 0 Å². The van der Waals surface area contributed by atoms with Gasteiger partial charge in [-0.2, -0.15) is 0 Å². The van der Waals surface area contributed by atoms with E-state index in [-0.39, 0.29) is 11.8 Å². The summed E-state index contributed by atoms with van der Waals surface area (Å²) in [4.78, 5) is 28.5. The highest BCUT2D eigenvalue weighted by atomic mass is 16.2. The molecule has 18 heavy (non-hydrogen) atoms. The summed E-state index contributed by atoms with van der Waals surface area (Å²) in [6.07, 6.45) is 1.64. The van der Waals surface area contributed by atoms with Gasteiger partial charge in [0.25, 0.3) is 5.91 Å². The van der Waals surface area contributed by atoms with Gasteiger partial charge in [0.05, 0.1) is 5.56 Å². The number of hydrogen-bond acceptors (Lipinski definition) is 4. The van der Waals surface area contributed by atoms with Gasteiger partial charge in [0, 0.05) is 40.3 Å². The van der Waals surface area contributed by atoms with E-state index in [1.54, 1.807) is 23.2 Å². The molecule has 0 saturated heterocycles. The van der Waals surface area contributed by atoms with Crippen LogP contribution in [0.25, 0.3) is 0 Å². The van der Waals surface area contributed by atoms with Gasteiger partial charge in [-0.05, 0) is 12.1 Å². The molecule has 0 aliphatic rings. The van der Waals surface area contributed by atoms with Crippen LogP contribution in [0.1, 0.15) is 17.3 Å². The largest absolute Gasteiger partial charge is 0.362 e. The molecular weight excluding hydrogens is 232 g/mol. The zero-order valence-electron chi connectivity index (χ0n) is 10.9. The van der Waals surface area contributed by atoms with Gasteiger partial charge in [0.1, 0.15) is 5.82 Å². The first-order valence-corrected chi connectivity index (χ1v) is 5.67. The maximum atomic E-state index is 11.9. The normalized spacial score (nSPS) is 9.72. The second kappa shape index (κ2) is 6.58. The standard InChI is InChI=1S/C12H18N4O2/c1-9(17)13-7-8-15-12(18)10-5-4-6-14-11(10)16(2)3/h4-6H,7-8H2,1-3H3,(H,13,17)(H,15,18). The van der Waals surface area contributed by atoms with E-state index in [1.165, 1.54) is 6.92 Å². The van der Waals surface area contributed by atoms with Crippen molar-refractivity contribution in [2.75, 3.05) is 32.1 Å². The van der Waals surface area contributed by atoms with Gasteiger partial charge in [-0.15, -0.1) is 0 Å².